The third-order valence-corrected chi connectivity index (χ3v) is 5.06. The van der Waals surface area contributed by atoms with E-state index >= 15 is 0 Å². The van der Waals surface area contributed by atoms with Gasteiger partial charge in [0, 0.05) is 31.5 Å². The van der Waals surface area contributed by atoms with Crippen molar-refractivity contribution in [3.63, 3.8) is 0 Å². The quantitative estimate of drug-likeness (QED) is 0.678. The maximum atomic E-state index is 12.4. The van der Waals surface area contributed by atoms with E-state index in [1.165, 1.54) is 6.20 Å². The average Bonchev–Trinajstić information content (AvgIpc) is 3.23. The van der Waals surface area contributed by atoms with Crippen LogP contribution in [0.5, 0.6) is 0 Å². The molecular formula is C21H20ClN5O2. The Morgan fingerprint density at radius 3 is 2.72 bits per heavy atom. The van der Waals surface area contributed by atoms with Gasteiger partial charge in [-0.2, -0.15) is 5.10 Å². The number of benzene rings is 2. The highest BCUT2D eigenvalue weighted by Gasteiger charge is 2.16. The number of anilines is 1. The first-order valence-corrected chi connectivity index (χ1v) is 9.66. The summed E-state index contributed by atoms with van der Waals surface area (Å²) >= 11 is 6.18. The normalized spacial score (nSPS) is 13.8. The maximum absolute atomic E-state index is 12.4. The lowest BCUT2D eigenvalue weighted by Gasteiger charge is -2.28. The zero-order valence-electron chi connectivity index (χ0n) is 15.6. The average molecular weight is 410 g/mol. The number of hydrogen-bond donors (Lipinski definition) is 2. The van der Waals surface area contributed by atoms with Crippen molar-refractivity contribution in [2.24, 2.45) is 0 Å². The summed E-state index contributed by atoms with van der Waals surface area (Å²) in [5, 5.41) is 10.5. The van der Waals surface area contributed by atoms with E-state index in [4.69, 9.17) is 11.6 Å². The number of nitrogens with zero attached hydrogens (tertiary/aromatic N) is 3. The van der Waals surface area contributed by atoms with Crippen LogP contribution >= 0.6 is 11.6 Å². The zero-order valence-corrected chi connectivity index (χ0v) is 16.4. The molecule has 29 heavy (non-hydrogen) atoms. The standard InChI is InChI=1S/C21H20ClN5O2/c22-18-3-1-2-4-19(18)27-13-16(12-25-27)21(29)24-11-15-5-7-17(8-6-15)26-10-9-23-20(28)14-26/h1-8,12-13H,9-11,14H2,(H,23,28)(H,24,29). The van der Waals surface area contributed by atoms with E-state index in [1.54, 1.807) is 16.9 Å². The van der Waals surface area contributed by atoms with Crippen molar-refractivity contribution >= 4 is 29.1 Å². The molecule has 0 radical (unpaired) electrons. The highest BCUT2D eigenvalue weighted by molar-refractivity contribution is 6.32. The molecule has 1 aromatic heterocycles. The highest BCUT2D eigenvalue weighted by atomic mass is 35.5. The van der Waals surface area contributed by atoms with Crippen LogP contribution in [0.15, 0.2) is 60.9 Å². The van der Waals surface area contributed by atoms with Crippen LogP contribution < -0.4 is 15.5 Å². The van der Waals surface area contributed by atoms with Gasteiger partial charge in [-0.1, -0.05) is 35.9 Å². The Hall–Kier alpha value is -3.32. The molecular weight excluding hydrogens is 390 g/mol. The fourth-order valence-electron chi connectivity index (χ4n) is 3.18. The Morgan fingerprint density at radius 1 is 1.17 bits per heavy atom. The monoisotopic (exact) mass is 409 g/mol. The lowest BCUT2D eigenvalue weighted by Crippen LogP contribution is -2.47. The van der Waals surface area contributed by atoms with Gasteiger partial charge in [0.2, 0.25) is 5.91 Å². The summed E-state index contributed by atoms with van der Waals surface area (Å²) in [6, 6.07) is 15.2. The van der Waals surface area contributed by atoms with Gasteiger partial charge in [0.25, 0.3) is 5.91 Å². The Bertz CT molecular complexity index is 1030. The van der Waals surface area contributed by atoms with E-state index in [0.29, 0.717) is 30.2 Å². The fraction of sp³-hybridized carbons (Fsp3) is 0.190. The maximum Gasteiger partial charge on any atom is 0.254 e. The van der Waals surface area contributed by atoms with Gasteiger partial charge < -0.3 is 15.5 Å². The first kappa shape index (κ1) is 19.0. The van der Waals surface area contributed by atoms with Gasteiger partial charge in [-0.25, -0.2) is 4.68 Å². The van der Waals surface area contributed by atoms with Crippen LogP contribution in [-0.4, -0.2) is 41.2 Å². The van der Waals surface area contributed by atoms with E-state index in [1.807, 2.05) is 47.4 Å². The van der Waals surface area contributed by atoms with Crippen LogP contribution in [0.1, 0.15) is 15.9 Å². The van der Waals surface area contributed by atoms with Crippen LogP contribution in [0.4, 0.5) is 5.69 Å². The van der Waals surface area contributed by atoms with E-state index in [0.717, 1.165) is 23.5 Å². The Morgan fingerprint density at radius 2 is 1.97 bits per heavy atom. The minimum atomic E-state index is -0.208. The first-order chi connectivity index (χ1) is 14.1. The number of rotatable bonds is 5. The minimum absolute atomic E-state index is 0.0323. The van der Waals surface area contributed by atoms with Gasteiger partial charge >= 0.3 is 0 Å². The number of nitrogens with one attached hydrogen (secondary N) is 2. The Balaban J connectivity index is 1.36. The second-order valence-electron chi connectivity index (χ2n) is 6.75. The van der Waals surface area contributed by atoms with E-state index in [-0.39, 0.29) is 11.8 Å². The summed E-state index contributed by atoms with van der Waals surface area (Å²) in [5.74, 6) is -0.176. The van der Waals surface area contributed by atoms with Gasteiger partial charge in [0.05, 0.1) is 29.0 Å². The summed E-state index contributed by atoms with van der Waals surface area (Å²) in [5.41, 5.74) is 3.15. The number of aromatic nitrogens is 2. The summed E-state index contributed by atoms with van der Waals surface area (Å²) < 4.78 is 1.58. The molecule has 0 atom stereocenters. The molecule has 8 heteroatoms. The fourth-order valence-corrected chi connectivity index (χ4v) is 3.40. The van der Waals surface area contributed by atoms with Gasteiger partial charge in [-0.3, -0.25) is 9.59 Å². The molecule has 0 spiro atoms. The summed E-state index contributed by atoms with van der Waals surface area (Å²) in [6.45, 7) is 2.21. The van der Waals surface area contributed by atoms with E-state index in [2.05, 4.69) is 15.7 Å². The van der Waals surface area contributed by atoms with Crippen molar-refractivity contribution in [3.8, 4) is 5.69 Å². The van der Waals surface area contributed by atoms with Crippen LogP contribution in [0.25, 0.3) is 5.69 Å². The molecule has 2 amide bonds. The molecule has 2 aromatic carbocycles. The lowest BCUT2D eigenvalue weighted by atomic mass is 10.1. The summed E-state index contributed by atoms with van der Waals surface area (Å²) in [6.07, 6.45) is 3.17. The SMILES string of the molecule is O=C1CN(c2ccc(CNC(=O)c3cnn(-c4ccccc4Cl)c3)cc2)CCN1. The van der Waals surface area contributed by atoms with Crippen molar-refractivity contribution in [1.29, 1.82) is 0 Å². The number of piperazine rings is 1. The van der Waals surface area contributed by atoms with Crippen LogP contribution in [0.2, 0.25) is 5.02 Å². The van der Waals surface area contributed by atoms with Crippen molar-refractivity contribution in [1.82, 2.24) is 20.4 Å². The summed E-state index contributed by atoms with van der Waals surface area (Å²) in [4.78, 5) is 26.0. The van der Waals surface area contributed by atoms with Crippen LogP contribution in [-0.2, 0) is 11.3 Å². The number of para-hydroxylation sites is 1. The smallest absolute Gasteiger partial charge is 0.254 e. The number of amides is 2. The van der Waals surface area contributed by atoms with Crippen molar-refractivity contribution in [2.45, 2.75) is 6.54 Å². The molecule has 0 unspecified atom stereocenters. The Kier molecular flexibility index (Phi) is 5.48. The van der Waals surface area contributed by atoms with Crippen LogP contribution in [0, 0.1) is 0 Å². The third-order valence-electron chi connectivity index (χ3n) is 4.74. The molecule has 3 aromatic rings. The lowest BCUT2D eigenvalue weighted by molar-refractivity contribution is -0.120. The molecule has 1 saturated heterocycles. The number of halogens is 1. The third kappa shape index (κ3) is 4.41. The summed E-state index contributed by atoms with van der Waals surface area (Å²) in [7, 11) is 0. The minimum Gasteiger partial charge on any atom is -0.360 e. The van der Waals surface area contributed by atoms with Crippen LogP contribution in [0.3, 0.4) is 0 Å². The molecule has 1 aliphatic rings. The van der Waals surface area contributed by atoms with Crippen molar-refractivity contribution in [3.05, 3.63) is 77.1 Å². The topological polar surface area (TPSA) is 79.3 Å². The number of carbonyl (C=O) groups excluding carboxylic acids is 2. The van der Waals surface area contributed by atoms with Gasteiger partial charge in [-0.05, 0) is 29.8 Å². The predicted molar refractivity (Wildman–Crippen MR) is 111 cm³/mol. The molecule has 1 fully saturated rings. The molecule has 0 bridgehead atoms. The van der Waals surface area contributed by atoms with Gasteiger partial charge in [0.1, 0.15) is 0 Å². The second kappa shape index (κ2) is 8.36. The van der Waals surface area contributed by atoms with E-state index in [9.17, 15) is 9.59 Å². The number of hydrogen-bond acceptors (Lipinski definition) is 4. The molecule has 0 aliphatic carbocycles. The molecule has 4 rings (SSSR count). The Labute approximate surface area is 173 Å². The van der Waals surface area contributed by atoms with Gasteiger partial charge in [-0.15, -0.1) is 0 Å². The molecule has 2 N–H and O–H groups in total. The second-order valence-corrected chi connectivity index (χ2v) is 7.15. The molecule has 7 nitrogen and oxygen atoms in total. The molecule has 148 valence electrons. The van der Waals surface area contributed by atoms with Gasteiger partial charge in [0.15, 0.2) is 0 Å². The molecule has 0 saturated carbocycles. The highest BCUT2D eigenvalue weighted by Crippen LogP contribution is 2.19. The molecule has 1 aliphatic heterocycles. The largest absolute Gasteiger partial charge is 0.360 e. The predicted octanol–water partition coefficient (Wildman–Crippen LogP) is 2.39. The number of carbonyl (C=O) groups is 2. The van der Waals surface area contributed by atoms with E-state index < -0.39 is 0 Å². The zero-order chi connectivity index (χ0) is 20.2. The van der Waals surface area contributed by atoms with Crippen molar-refractivity contribution < 1.29 is 9.59 Å². The molecule has 2 heterocycles. The van der Waals surface area contributed by atoms with Crippen molar-refractivity contribution in [2.75, 3.05) is 24.5 Å². The first-order valence-electron chi connectivity index (χ1n) is 9.28.